The lowest BCUT2D eigenvalue weighted by Gasteiger charge is -2.35. The Morgan fingerprint density at radius 3 is 2.59 bits per heavy atom. The Balaban J connectivity index is 1.14. The Kier molecular flexibility index (Phi) is 6.91. The highest BCUT2D eigenvalue weighted by Gasteiger charge is 2.40. The normalized spacial score (nSPS) is 20.1. The Bertz CT molecular complexity index is 1430. The van der Waals surface area contributed by atoms with E-state index in [1.54, 1.807) is 30.0 Å². The summed E-state index contributed by atoms with van der Waals surface area (Å²) in [5, 5.41) is 3.03. The SMILES string of the molecule is CSc1ccc(N2C(=O)c3cccc(N4CCC[C@H](C(=O)NC[C@@H]5COc6ccccc6O5)C4)c3C2=O)cc1. The van der Waals surface area contributed by atoms with Gasteiger partial charge in [0.05, 0.1) is 35.0 Å². The van der Waals surface area contributed by atoms with Crippen LogP contribution in [-0.4, -0.2) is 56.3 Å². The molecule has 200 valence electrons. The maximum absolute atomic E-state index is 13.6. The number of benzene rings is 3. The number of carbonyl (C=O) groups is 3. The number of nitrogens with zero attached hydrogens (tertiary/aromatic N) is 2. The van der Waals surface area contributed by atoms with E-state index >= 15 is 0 Å². The fourth-order valence-electron chi connectivity index (χ4n) is 5.43. The number of rotatable bonds is 6. The Hall–Kier alpha value is -3.98. The summed E-state index contributed by atoms with van der Waals surface area (Å²) in [5.41, 5.74) is 2.06. The molecule has 1 fully saturated rings. The number of carbonyl (C=O) groups excluding carboxylic acids is 3. The molecule has 8 nitrogen and oxygen atoms in total. The van der Waals surface area contributed by atoms with Crippen molar-refractivity contribution >= 4 is 40.9 Å². The van der Waals surface area contributed by atoms with Crippen molar-refractivity contribution in [3.05, 3.63) is 77.9 Å². The van der Waals surface area contributed by atoms with Crippen LogP contribution in [0.3, 0.4) is 0 Å². The monoisotopic (exact) mass is 543 g/mol. The van der Waals surface area contributed by atoms with Gasteiger partial charge in [-0.15, -0.1) is 11.8 Å². The summed E-state index contributed by atoms with van der Waals surface area (Å²) in [6, 6.07) is 20.3. The van der Waals surface area contributed by atoms with Gasteiger partial charge in [0.25, 0.3) is 11.8 Å². The highest BCUT2D eigenvalue weighted by atomic mass is 32.2. The number of ether oxygens (including phenoxy) is 2. The lowest BCUT2D eigenvalue weighted by molar-refractivity contribution is -0.125. The molecule has 3 amide bonds. The number of piperidine rings is 1. The zero-order valence-electron chi connectivity index (χ0n) is 21.6. The Morgan fingerprint density at radius 1 is 1.00 bits per heavy atom. The molecule has 0 radical (unpaired) electrons. The lowest BCUT2D eigenvalue weighted by Crippen LogP contribution is -2.47. The van der Waals surface area contributed by atoms with Gasteiger partial charge in [-0.1, -0.05) is 18.2 Å². The van der Waals surface area contributed by atoms with E-state index in [4.69, 9.17) is 9.47 Å². The van der Waals surface area contributed by atoms with E-state index in [2.05, 4.69) is 10.2 Å². The highest BCUT2D eigenvalue weighted by Crippen LogP contribution is 2.37. The summed E-state index contributed by atoms with van der Waals surface area (Å²) >= 11 is 1.60. The van der Waals surface area contributed by atoms with Gasteiger partial charge < -0.3 is 19.7 Å². The number of fused-ring (bicyclic) bond motifs is 2. The summed E-state index contributed by atoms with van der Waals surface area (Å²) in [6.45, 7) is 1.90. The molecule has 0 spiro atoms. The first-order valence-electron chi connectivity index (χ1n) is 13.1. The number of amides is 3. The van der Waals surface area contributed by atoms with Crippen LogP contribution < -0.4 is 24.6 Å². The van der Waals surface area contributed by atoms with Gasteiger partial charge in [0, 0.05) is 18.0 Å². The van der Waals surface area contributed by atoms with Gasteiger partial charge in [-0.25, -0.2) is 4.90 Å². The van der Waals surface area contributed by atoms with E-state index in [9.17, 15) is 14.4 Å². The van der Waals surface area contributed by atoms with Crippen LogP contribution in [0.5, 0.6) is 11.5 Å². The predicted octanol–water partition coefficient (Wildman–Crippen LogP) is 4.38. The molecular weight excluding hydrogens is 514 g/mol. The van der Waals surface area contributed by atoms with Gasteiger partial charge in [-0.3, -0.25) is 14.4 Å². The molecule has 2 atom stereocenters. The second-order valence-corrected chi connectivity index (χ2v) is 10.8. The summed E-state index contributed by atoms with van der Waals surface area (Å²) in [4.78, 5) is 44.4. The maximum atomic E-state index is 13.6. The topological polar surface area (TPSA) is 88.2 Å². The number of anilines is 2. The van der Waals surface area contributed by atoms with Crippen molar-refractivity contribution in [2.75, 3.05) is 42.3 Å². The van der Waals surface area contributed by atoms with Crippen molar-refractivity contribution in [3.63, 3.8) is 0 Å². The highest BCUT2D eigenvalue weighted by molar-refractivity contribution is 7.98. The molecule has 3 aromatic carbocycles. The molecule has 0 saturated carbocycles. The van der Waals surface area contributed by atoms with Crippen LogP contribution in [0.25, 0.3) is 0 Å². The first-order chi connectivity index (χ1) is 19.0. The molecule has 3 aliphatic heterocycles. The number of hydrogen-bond donors (Lipinski definition) is 1. The predicted molar refractivity (Wildman–Crippen MR) is 150 cm³/mol. The second kappa shape index (κ2) is 10.6. The first-order valence-corrected chi connectivity index (χ1v) is 14.3. The maximum Gasteiger partial charge on any atom is 0.268 e. The number of thioether (sulfide) groups is 1. The summed E-state index contributed by atoms with van der Waals surface area (Å²) in [7, 11) is 0. The van der Waals surface area contributed by atoms with Gasteiger partial charge in [-0.05, 0) is 67.6 Å². The van der Waals surface area contributed by atoms with E-state index < -0.39 is 0 Å². The molecule has 6 rings (SSSR count). The average molecular weight is 544 g/mol. The van der Waals surface area contributed by atoms with Crippen LogP contribution in [0.2, 0.25) is 0 Å². The summed E-state index contributed by atoms with van der Waals surface area (Å²) in [5.74, 6) is 0.446. The van der Waals surface area contributed by atoms with Crippen molar-refractivity contribution in [3.8, 4) is 11.5 Å². The quantitative estimate of drug-likeness (QED) is 0.365. The molecule has 0 unspecified atom stereocenters. The molecule has 0 bridgehead atoms. The van der Waals surface area contributed by atoms with Crippen molar-refractivity contribution in [2.45, 2.75) is 23.8 Å². The largest absolute Gasteiger partial charge is 0.486 e. The zero-order chi connectivity index (χ0) is 26.9. The second-order valence-electron chi connectivity index (χ2n) is 9.87. The van der Waals surface area contributed by atoms with Crippen LogP contribution in [-0.2, 0) is 4.79 Å². The molecule has 0 aliphatic carbocycles. The summed E-state index contributed by atoms with van der Waals surface area (Å²) in [6.07, 6.45) is 3.27. The molecule has 0 aromatic heterocycles. The third-order valence-corrected chi connectivity index (χ3v) is 8.17. The van der Waals surface area contributed by atoms with Crippen molar-refractivity contribution < 1.29 is 23.9 Å². The van der Waals surface area contributed by atoms with Crippen molar-refractivity contribution in [1.82, 2.24) is 5.32 Å². The van der Waals surface area contributed by atoms with E-state index in [-0.39, 0.29) is 29.7 Å². The van der Waals surface area contributed by atoms with Crippen molar-refractivity contribution in [2.24, 2.45) is 5.92 Å². The average Bonchev–Trinajstić information content (AvgIpc) is 3.25. The molecule has 3 aliphatic rings. The van der Waals surface area contributed by atoms with Crippen LogP contribution in [0.15, 0.2) is 71.6 Å². The molecule has 1 saturated heterocycles. The number of nitrogens with one attached hydrogen (secondary N) is 1. The van der Waals surface area contributed by atoms with E-state index in [1.807, 2.05) is 54.8 Å². The minimum Gasteiger partial charge on any atom is -0.486 e. The van der Waals surface area contributed by atoms with Gasteiger partial charge in [-0.2, -0.15) is 0 Å². The first kappa shape index (κ1) is 25.3. The molecule has 39 heavy (non-hydrogen) atoms. The minimum atomic E-state index is -0.330. The molecule has 1 N–H and O–H groups in total. The van der Waals surface area contributed by atoms with Crippen LogP contribution in [0.1, 0.15) is 33.6 Å². The van der Waals surface area contributed by atoms with Crippen LogP contribution >= 0.6 is 11.8 Å². The van der Waals surface area contributed by atoms with Crippen molar-refractivity contribution in [1.29, 1.82) is 0 Å². The van der Waals surface area contributed by atoms with E-state index in [0.717, 1.165) is 17.7 Å². The van der Waals surface area contributed by atoms with Gasteiger partial charge in [0.15, 0.2) is 11.5 Å². The smallest absolute Gasteiger partial charge is 0.268 e. The number of hydrogen-bond acceptors (Lipinski definition) is 7. The Morgan fingerprint density at radius 2 is 1.79 bits per heavy atom. The molecule has 3 aromatic rings. The van der Waals surface area contributed by atoms with Gasteiger partial charge in [0.1, 0.15) is 12.7 Å². The lowest BCUT2D eigenvalue weighted by atomic mass is 9.95. The minimum absolute atomic E-state index is 0.0485. The standard InChI is InChI=1S/C30H29N3O5S/c1-39-22-13-11-20(12-14-22)33-29(35)23-7-4-8-24(27(23)30(33)36)32-15-5-6-19(17-32)28(34)31-16-21-18-37-25-9-2-3-10-26(25)38-21/h2-4,7-14,19,21H,5-6,15-18H2,1H3,(H,31,34)/t19-,21+/m0/s1. The fraction of sp³-hybridized carbons (Fsp3) is 0.300. The Labute approximate surface area is 231 Å². The van der Waals surface area contributed by atoms with Gasteiger partial charge >= 0.3 is 0 Å². The molecule has 9 heteroatoms. The van der Waals surface area contributed by atoms with E-state index in [1.165, 1.54) is 4.90 Å². The van der Waals surface area contributed by atoms with Gasteiger partial charge in [0.2, 0.25) is 5.91 Å². The fourth-order valence-corrected chi connectivity index (χ4v) is 5.84. The third kappa shape index (κ3) is 4.83. The molecular formula is C30H29N3O5S. The zero-order valence-corrected chi connectivity index (χ0v) is 22.4. The number of para-hydroxylation sites is 2. The van der Waals surface area contributed by atoms with Crippen LogP contribution in [0.4, 0.5) is 11.4 Å². The number of imide groups is 1. The summed E-state index contributed by atoms with van der Waals surface area (Å²) < 4.78 is 11.7. The van der Waals surface area contributed by atoms with Crippen LogP contribution in [0, 0.1) is 5.92 Å². The third-order valence-electron chi connectivity index (χ3n) is 7.43. The molecule has 3 heterocycles. The van der Waals surface area contributed by atoms with E-state index in [0.29, 0.717) is 60.2 Å².